The molecule has 0 radical (unpaired) electrons. The summed E-state index contributed by atoms with van der Waals surface area (Å²) in [7, 11) is 0. The Labute approximate surface area is 227 Å². The van der Waals surface area contributed by atoms with Gasteiger partial charge in [0, 0.05) is 73.6 Å². The van der Waals surface area contributed by atoms with Gasteiger partial charge in [0.2, 0.25) is 0 Å². The van der Waals surface area contributed by atoms with E-state index in [1.807, 2.05) is 41.3 Å². The van der Waals surface area contributed by atoms with Crippen LogP contribution in [0.4, 0.5) is 31.5 Å². The van der Waals surface area contributed by atoms with Gasteiger partial charge in [-0.3, -0.25) is 5.01 Å². The lowest BCUT2D eigenvalue weighted by Crippen LogP contribution is -2.39. The Bertz CT molecular complexity index is 1140. The predicted octanol–water partition coefficient (Wildman–Crippen LogP) is 4.99. The molecule has 0 unspecified atom stereocenters. The van der Waals surface area contributed by atoms with E-state index in [0.29, 0.717) is 30.0 Å². The normalized spacial score (nSPS) is 20.5. The largest absolute Gasteiger partial charge is 0.397 e. The van der Waals surface area contributed by atoms with Gasteiger partial charge in [-0.1, -0.05) is 18.0 Å². The molecule has 3 aliphatic rings. The zero-order valence-corrected chi connectivity index (χ0v) is 22.5. The number of nitrogens with one attached hydrogen (secondary N) is 1. The topological polar surface area (TPSA) is 94.0 Å². The summed E-state index contributed by atoms with van der Waals surface area (Å²) in [5.41, 5.74) is 12.3. The molecule has 2 heterocycles. The molecular formula is C28H38F2N6OS. The Morgan fingerprint density at radius 2 is 1.71 bits per heavy atom. The van der Waals surface area contributed by atoms with Gasteiger partial charge in [0.05, 0.1) is 18.0 Å². The Morgan fingerprint density at radius 1 is 1.00 bits per heavy atom. The van der Waals surface area contributed by atoms with Crippen molar-refractivity contribution < 1.29 is 13.9 Å². The van der Waals surface area contributed by atoms with Crippen LogP contribution in [0.15, 0.2) is 48.7 Å². The molecule has 2 aromatic rings. The molecule has 0 atom stereocenters. The van der Waals surface area contributed by atoms with E-state index in [1.165, 1.54) is 42.6 Å². The van der Waals surface area contributed by atoms with E-state index < -0.39 is 5.92 Å². The second-order valence-electron chi connectivity index (χ2n) is 10.7. The molecule has 7 nitrogen and oxygen atoms in total. The minimum Gasteiger partial charge on any atom is -0.397 e. The maximum Gasteiger partial charge on any atom is 0.251 e. The summed E-state index contributed by atoms with van der Waals surface area (Å²) in [5, 5.41) is 10.6. The van der Waals surface area contributed by atoms with E-state index in [9.17, 15) is 8.78 Å². The van der Waals surface area contributed by atoms with E-state index >= 15 is 0 Å². The molecule has 2 aliphatic heterocycles. The van der Waals surface area contributed by atoms with Crippen molar-refractivity contribution in [2.45, 2.75) is 44.4 Å². The maximum absolute atomic E-state index is 13.6. The third-order valence-electron chi connectivity index (χ3n) is 8.08. The highest BCUT2D eigenvalue weighted by Crippen LogP contribution is 2.54. The summed E-state index contributed by atoms with van der Waals surface area (Å²) in [6.07, 6.45) is 6.53. The van der Waals surface area contributed by atoms with Crippen LogP contribution in [-0.2, 0) is 0 Å². The molecule has 206 valence electrons. The zero-order valence-electron chi connectivity index (χ0n) is 21.7. The van der Waals surface area contributed by atoms with Crippen molar-refractivity contribution in [1.29, 1.82) is 0 Å². The molecule has 10 heteroatoms. The smallest absolute Gasteiger partial charge is 0.251 e. The number of piperidine rings is 2. The molecule has 1 saturated carbocycles. The molecule has 1 aliphatic carbocycles. The summed E-state index contributed by atoms with van der Waals surface area (Å²) in [5.74, 6) is 4.46. The number of nitrogens with zero attached hydrogens (tertiary/aromatic N) is 3. The van der Waals surface area contributed by atoms with Crippen LogP contribution in [0.5, 0.6) is 0 Å². The number of hydrogen-bond acceptors (Lipinski definition) is 8. The second-order valence-corrected chi connectivity index (χ2v) is 11.6. The van der Waals surface area contributed by atoms with Gasteiger partial charge in [-0.05, 0) is 67.5 Å². The van der Waals surface area contributed by atoms with Crippen molar-refractivity contribution in [2.24, 2.45) is 17.0 Å². The molecule has 6 N–H and O–H groups in total. The number of rotatable bonds is 9. The van der Waals surface area contributed by atoms with Gasteiger partial charge in [-0.2, -0.15) is 0 Å². The lowest BCUT2D eigenvalue weighted by atomic mass is 9.93. The Hall–Kier alpha value is -2.69. The third kappa shape index (κ3) is 6.30. The average Bonchev–Trinajstić information content (AvgIpc) is 3.67. The van der Waals surface area contributed by atoms with Crippen LogP contribution in [0.3, 0.4) is 0 Å². The van der Waals surface area contributed by atoms with Gasteiger partial charge in [-0.25, -0.2) is 14.6 Å². The zero-order chi connectivity index (χ0) is 26.8. The fraction of sp³-hybridized carbons (Fsp3) is 0.500. The highest BCUT2D eigenvalue weighted by atomic mass is 32.2. The van der Waals surface area contributed by atoms with Crippen LogP contribution < -0.4 is 31.1 Å². The predicted molar refractivity (Wildman–Crippen MR) is 154 cm³/mol. The van der Waals surface area contributed by atoms with E-state index in [0.717, 1.165) is 41.4 Å². The number of anilines is 4. The molecule has 5 rings (SSSR count). The quantitative estimate of drug-likeness (QED) is 0.152. The lowest BCUT2D eigenvalue weighted by molar-refractivity contribution is -0.0220. The lowest BCUT2D eigenvalue weighted by Gasteiger charge is -2.35. The van der Waals surface area contributed by atoms with Gasteiger partial charge in [0.1, 0.15) is 0 Å². The number of aliphatic hydroxyl groups excluding tert-OH is 1. The monoisotopic (exact) mass is 544 g/mol. The summed E-state index contributed by atoms with van der Waals surface area (Å²) in [4.78, 5) is 4.39. The van der Waals surface area contributed by atoms with Crippen LogP contribution >= 0.6 is 11.9 Å². The SMILES string of the molecule is N/C(=C\N(N)c1cccc(N2CCC(F)(F)CC2)c1)c1ccc(NSCCO)cc1N1CCC2(CC1)CC2. The molecule has 2 aromatic carbocycles. The first-order valence-corrected chi connectivity index (χ1v) is 14.4. The van der Waals surface area contributed by atoms with E-state index in [-0.39, 0.29) is 19.4 Å². The van der Waals surface area contributed by atoms with Crippen LogP contribution in [0, 0.1) is 5.41 Å². The molecule has 1 spiro atoms. The van der Waals surface area contributed by atoms with Crippen LogP contribution in [0.25, 0.3) is 5.70 Å². The number of halogens is 2. The second kappa shape index (κ2) is 11.2. The Kier molecular flexibility index (Phi) is 7.93. The van der Waals surface area contributed by atoms with Gasteiger partial charge in [0.15, 0.2) is 0 Å². The first kappa shape index (κ1) is 26.9. The number of aliphatic hydroxyl groups is 1. The van der Waals surface area contributed by atoms with Crippen molar-refractivity contribution in [1.82, 2.24) is 0 Å². The summed E-state index contributed by atoms with van der Waals surface area (Å²) in [6, 6.07) is 13.7. The van der Waals surface area contributed by atoms with E-state index in [1.54, 1.807) is 6.20 Å². The fourth-order valence-electron chi connectivity index (χ4n) is 5.42. The first-order chi connectivity index (χ1) is 18.3. The standard InChI is InChI=1S/C28H38F2N6OS/c29-28(30)10-14-34(15-11-28)22-2-1-3-23(19-22)36(32)20-25(31)24-5-4-21(33-38-17-16-37)18-26(24)35-12-8-27(6-7-27)9-13-35/h1-5,18-20,33,37H,6-17,31-32H2/b25-20-. The molecule has 0 bridgehead atoms. The molecule has 38 heavy (non-hydrogen) atoms. The average molecular weight is 545 g/mol. The summed E-state index contributed by atoms with van der Waals surface area (Å²) >= 11 is 1.47. The fourth-order valence-corrected chi connectivity index (χ4v) is 5.90. The molecule has 2 saturated heterocycles. The summed E-state index contributed by atoms with van der Waals surface area (Å²) in [6.45, 7) is 2.74. The van der Waals surface area contributed by atoms with E-state index in [4.69, 9.17) is 16.7 Å². The van der Waals surface area contributed by atoms with Crippen LogP contribution in [0.2, 0.25) is 0 Å². The van der Waals surface area contributed by atoms with Crippen molar-refractivity contribution in [3.05, 3.63) is 54.2 Å². The Balaban J connectivity index is 1.35. The number of alkyl halides is 2. The van der Waals surface area contributed by atoms with Crippen molar-refractivity contribution in [3.8, 4) is 0 Å². The van der Waals surface area contributed by atoms with Gasteiger partial charge in [-0.15, -0.1) is 0 Å². The summed E-state index contributed by atoms with van der Waals surface area (Å²) < 4.78 is 30.6. The first-order valence-electron chi connectivity index (χ1n) is 13.4. The number of benzene rings is 2. The highest BCUT2D eigenvalue weighted by molar-refractivity contribution is 8.00. The third-order valence-corrected chi connectivity index (χ3v) is 8.85. The van der Waals surface area contributed by atoms with Gasteiger partial charge < -0.3 is 25.4 Å². The maximum atomic E-state index is 13.6. The molecule has 0 aromatic heterocycles. The van der Waals surface area contributed by atoms with Crippen molar-refractivity contribution in [3.63, 3.8) is 0 Å². The molecule has 0 amide bonds. The number of nitrogens with two attached hydrogens (primary N) is 2. The number of hydrogen-bond donors (Lipinski definition) is 4. The minimum atomic E-state index is -2.58. The van der Waals surface area contributed by atoms with Gasteiger partial charge >= 0.3 is 0 Å². The van der Waals surface area contributed by atoms with Crippen LogP contribution in [0.1, 0.15) is 44.1 Å². The van der Waals surface area contributed by atoms with E-state index in [2.05, 4.69) is 15.7 Å². The Morgan fingerprint density at radius 3 is 2.39 bits per heavy atom. The van der Waals surface area contributed by atoms with Crippen molar-refractivity contribution in [2.75, 3.05) is 58.1 Å². The van der Waals surface area contributed by atoms with Crippen molar-refractivity contribution >= 4 is 40.4 Å². The molecular weight excluding hydrogens is 506 g/mol. The van der Waals surface area contributed by atoms with Crippen LogP contribution in [-0.4, -0.2) is 49.6 Å². The minimum absolute atomic E-state index is 0.115. The highest BCUT2D eigenvalue weighted by Gasteiger charge is 2.44. The number of hydrazine groups is 1. The molecule has 3 fully saturated rings. The van der Waals surface area contributed by atoms with Gasteiger partial charge in [0.25, 0.3) is 5.92 Å².